The number of fused-ring (bicyclic) bond motifs is 1. The Morgan fingerprint density at radius 1 is 1.58 bits per heavy atom. The zero-order valence-corrected chi connectivity index (χ0v) is 11.8. The molecule has 3 heterocycles. The van der Waals surface area contributed by atoms with Gasteiger partial charge in [-0.05, 0) is 6.42 Å². The van der Waals surface area contributed by atoms with Gasteiger partial charge in [-0.25, -0.2) is 17.9 Å². The molecule has 1 aliphatic heterocycles. The van der Waals surface area contributed by atoms with Gasteiger partial charge < -0.3 is 4.90 Å². The third-order valence-electron chi connectivity index (χ3n) is 3.28. The number of nitrogens with zero attached hydrogens (tertiary/aromatic N) is 4. The lowest BCUT2D eigenvalue weighted by Crippen LogP contribution is -2.38. The van der Waals surface area contributed by atoms with Crippen LogP contribution in [0.1, 0.15) is 16.9 Å². The predicted molar refractivity (Wildman–Crippen MR) is 70.0 cm³/mol. The maximum Gasteiger partial charge on any atom is 0.274 e. The predicted octanol–water partition coefficient (Wildman–Crippen LogP) is 0.0499. The van der Waals surface area contributed by atoms with Gasteiger partial charge >= 0.3 is 0 Å². The SMILES string of the molecule is CN(C(=O)c1cn2ncsc2n1)C1CCS(=O)(=O)C1. The summed E-state index contributed by atoms with van der Waals surface area (Å²) in [6.45, 7) is 0. The first kappa shape index (κ1) is 12.5. The van der Waals surface area contributed by atoms with Gasteiger partial charge in [-0.2, -0.15) is 5.10 Å². The summed E-state index contributed by atoms with van der Waals surface area (Å²) in [5.74, 6) is -0.0787. The van der Waals surface area contributed by atoms with Gasteiger partial charge in [-0.15, -0.1) is 0 Å². The molecule has 102 valence electrons. The van der Waals surface area contributed by atoms with Crippen molar-refractivity contribution in [2.75, 3.05) is 18.6 Å². The highest BCUT2D eigenvalue weighted by atomic mass is 32.2. The first-order valence-electron chi connectivity index (χ1n) is 5.73. The molecule has 2 aromatic heterocycles. The molecule has 0 radical (unpaired) electrons. The number of amides is 1. The highest BCUT2D eigenvalue weighted by Gasteiger charge is 2.33. The quantitative estimate of drug-likeness (QED) is 0.782. The summed E-state index contributed by atoms with van der Waals surface area (Å²) in [5.41, 5.74) is 1.94. The average molecular weight is 300 g/mol. The number of hydrogen-bond donors (Lipinski definition) is 0. The smallest absolute Gasteiger partial charge is 0.274 e. The zero-order chi connectivity index (χ0) is 13.6. The second-order valence-electron chi connectivity index (χ2n) is 4.56. The van der Waals surface area contributed by atoms with Crippen molar-refractivity contribution in [2.45, 2.75) is 12.5 Å². The fraction of sp³-hybridized carbons (Fsp3) is 0.500. The van der Waals surface area contributed by atoms with Gasteiger partial charge in [0.15, 0.2) is 9.84 Å². The Kier molecular flexibility index (Phi) is 2.82. The number of sulfone groups is 1. The Labute approximate surface area is 113 Å². The van der Waals surface area contributed by atoms with Crippen LogP contribution >= 0.6 is 11.3 Å². The fourth-order valence-electron chi connectivity index (χ4n) is 2.17. The van der Waals surface area contributed by atoms with Crippen molar-refractivity contribution >= 4 is 32.0 Å². The van der Waals surface area contributed by atoms with Crippen molar-refractivity contribution in [3.05, 3.63) is 17.4 Å². The molecule has 1 amide bonds. The molecule has 1 saturated heterocycles. The molecule has 0 N–H and O–H groups in total. The van der Waals surface area contributed by atoms with Crippen LogP contribution in [0.3, 0.4) is 0 Å². The van der Waals surface area contributed by atoms with Crippen molar-refractivity contribution in [2.24, 2.45) is 0 Å². The molecule has 7 nitrogen and oxygen atoms in total. The molecular weight excluding hydrogens is 288 g/mol. The summed E-state index contributed by atoms with van der Waals surface area (Å²) >= 11 is 1.34. The van der Waals surface area contributed by atoms with Crippen LogP contribution in [0.4, 0.5) is 0 Å². The molecule has 0 aromatic carbocycles. The van der Waals surface area contributed by atoms with Crippen LogP contribution in [-0.4, -0.2) is 58.4 Å². The lowest BCUT2D eigenvalue weighted by Gasteiger charge is -2.22. The highest BCUT2D eigenvalue weighted by Crippen LogP contribution is 2.19. The monoisotopic (exact) mass is 300 g/mol. The van der Waals surface area contributed by atoms with Gasteiger partial charge in [0.2, 0.25) is 4.96 Å². The number of hydrogen-bond acceptors (Lipinski definition) is 6. The van der Waals surface area contributed by atoms with E-state index >= 15 is 0 Å². The first-order valence-corrected chi connectivity index (χ1v) is 8.43. The van der Waals surface area contributed by atoms with E-state index in [1.807, 2.05) is 0 Å². The van der Waals surface area contributed by atoms with Gasteiger partial charge in [0.05, 0.1) is 17.7 Å². The standard InChI is InChI=1S/C10H12N4O3S2/c1-13(7-2-3-19(16,17)5-7)9(15)8-4-14-10(12-8)18-6-11-14/h4,6-7H,2-3,5H2,1H3. The lowest BCUT2D eigenvalue weighted by molar-refractivity contribution is 0.0742. The van der Waals surface area contributed by atoms with Crippen molar-refractivity contribution in [1.29, 1.82) is 0 Å². The normalized spacial score (nSPS) is 21.8. The minimum atomic E-state index is -3.00. The van der Waals surface area contributed by atoms with Crippen molar-refractivity contribution < 1.29 is 13.2 Å². The van der Waals surface area contributed by atoms with Crippen LogP contribution in [0, 0.1) is 0 Å². The van der Waals surface area contributed by atoms with E-state index in [1.165, 1.54) is 20.8 Å². The Hall–Kier alpha value is -1.48. The van der Waals surface area contributed by atoms with E-state index in [0.29, 0.717) is 17.1 Å². The summed E-state index contributed by atoms with van der Waals surface area (Å²) in [7, 11) is -1.38. The Bertz CT molecular complexity index is 704. The van der Waals surface area contributed by atoms with Gasteiger partial charge in [0.1, 0.15) is 11.2 Å². The minimum Gasteiger partial charge on any atom is -0.336 e. The molecule has 9 heteroatoms. The summed E-state index contributed by atoms with van der Waals surface area (Å²) in [5, 5.41) is 4.01. The van der Waals surface area contributed by atoms with E-state index in [0.717, 1.165) is 0 Å². The molecule has 0 saturated carbocycles. The lowest BCUT2D eigenvalue weighted by atomic mass is 10.2. The Balaban J connectivity index is 1.82. The summed E-state index contributed by atoms with van der Waals surface area (Å²) in [4.78, 5) is 18.5. The maximum atomic E-state index is 12.2. The molecule has 1 atom stereocenters. The second kappa shape index (κ2) is 4.27. The number of aromatic nitrogens is 3. The highest BCUT2D eigenvalue weighted by molar-refractivity contribution is 7.91. The largest absolute Gasteiger partial charge is 0.336 e. The van der Waals surface area contributed by atoms with E-state index in [-0.39, 0.29) is 23.5 Å². The van der Waals surface area contributed by atoms with E-state index in [9.17, 15) is 13.2 Å². The molecule has 1 fully saturated rings. The summed E-state index contributed by atoms with van der Waals surface area (Å²) < 4.78 is 24.4. The van der Waals surface area contributed by atoms with Crippen LogP contribution in [0.2, 0.25) is 0 Å². The second-order valence-corrected chi connectivity index (χ2v) is 7.61. The van der Waals surface area contributed by atoms with Gasteiger partial charge in [0.25, 0.3) is 5.91 Å². The molecule has 2 aromatic rings. The molecular formula is C10H12N4O3S2. The van der Waals surface area contributed by atoms with Crippen molar-refractivity contribution in [1.82, 2.24) is 19.5 Å². The molecule has 3 rings (SSSR count). The van der Waals surface area contributed by atoms with Gasteiger partial charge in [0, 0.05) is 13.1 Å². The fourth-order valence-corrected chi connectivity index (χ4v) is 4.55. The molecule has 0 spiro atoms. The minimum absolute atomic E-state index is 0.0374. The van der Waals surface area contributed by atoms with Crippen LogP contribution in [0.5, 0.6) is 0 Å². The first-order chi connectivity index (χ1) is 8.96. The average Bonchev–Trinajstić information content (AvgIpc) is 3.00. The van der Waals surface area contributed by atoms with E-state index in [2.05, 4.69) is 10.1 Å². The third kappa shape index (κ3) is 2.23. The van der Waals surface area contributed by atoms with E-state index < -0.39 is 9.84 Å². The third-order valence-corrected chi connectivity index (χ3v) is 5.72. The van der Waals surface area contributed by atoms with Crippen LogP contribution in [-0.2, 0) is 9.84 Å². The van der Waals surface area contributed by atoms with E-state index in [4.69, 9.17) is 0 Å². The number of carbonyl (C=O) groups excluding carboxylic acids is 1. The van der Waals surface area contributed by atoms with E-state index in [1.54, 1.807) is 18.8 Å². The summed E-state index contributed by atoms with van der Waals surface area (Å²) in [6.07, 6.45) is 2.05. The topological polar surface area (TPSA) is 84.6 Å². The van der Waals surface area contributed by atoms with Gasteiger partial charge in [-0.3, -0.25) is 4.79 Å². The maximum absolute atomic E-state index is 12.2. The number of imidazole rings is 1. The molecule has 1 aliphatic rings. The molecule has 0 bridgehead atoms. The van der Waals surface area contributed by atoms with Crippen LogP contribution in [0.15, 0.2) is 11.7 Å². The molecule has 19 heavy (non-hydrogen) atoms. The van der Waals surface area contributed by atoms with Gasteiger partial charge in [-0.1, -0.05) is 11.3 Å². The van der Waals surface area contributed by atoms with Crippen molar-refractivity contribution in [3.8, 4) is 0 Å². The van der Waals surface area contributed by atoms with Crippen LogP contribution in [0.25, 0.3) is 4.96 Å². The number of rotatable bonds is 2. The van der Waals surface area contributed by atoms with Crippen molar-refractivity contribution in [3.63, 3.8) is 0 Å². The Morgan fingerprint density at radius 2 is 2.37 bits per heavy atom. The molecule has 1 unspecified atom stereocenters. The summed E-state index contributed by atoms with van der Waals surface area (Å²) in [6, 6.07) is -0.259. The van der Waals surface area contributed by atoms with Crippen LogP contribution < -0.4 is 0 Å². The Morgan fingerprint density at radius 3 is 3.00 bits per heavy atom. The molecule has 0 aliphatic carbocycles. The number of carbonyl (C=O) groups is 1. The zero-order valence-electron chi connectivity index (χ0n) is 10.2.